The van der Waals surface area contributed by atoms with E-state index in [-0.39, 0.29) is 11.2 Å². The van der Waals surface area contributed by atoms with Crippen LogP contribution in [0, 0.1) is 6.92 Å². The van der Waals surface area contributed by atoms with Gasteiger partial charge in [-0.1, -0.05) is 30.3 Å². The number of aryl methyl sites for hydroxylation is 1. The highest BCUT2D eigenvalue weighted by Crippen LogP contribution is 2.09. The molecule has 0 amide bonds. The summed E-state index contributed by atoms with van der Waals surface area (Å²) in [6, 6.07) is 11.7. The third-order valence-corrected chi connectivity index (χ3v) is 3.34. The lowest BCUT2D eigenvalue weighted by Gasteiger charge is -2.11. The largest absolute Gasteiger partial charge is 0.503 e. The summed E-state index contributed by atoms with van der Waals surface area (Å²) < 4.78 is 1.90. The van der Waals surface area contributed by atoms with Crippen molar-refractivity contribution in [2.24, 2.45) is 0 Å². The highest BCUT2D eigenvalue weighted by atomic mass is 16.3. The second kappa shape index (κ2) is 6.91. The highest BCUT2D eigenvalue weighted by Gasteiger charge is 2.04. The minimum atomic E-state index is -0.319. The van der Waals surface area contributed by atoms with Crippen molar-refractivity contribution in [2.45, 2.75) is 26.4 Å². The van der Waals surface area contributed by atoms with Crippen LogP contribution in [0.25, 0.3) is 0 Å². The number of nitrogens with zero attached hydrogens (tertiary/aromatic N) is 1. The van der Waals surface area contributed by atoms with Crippen molar-refractivity contribution in [1.82, 2.24) is 9.88 Å². The number of hydrogen-bond donors (Lipinski definition) is 2. The fourth-order valence-corrected chi connectivity index (χ4v) is 2.11. The molecule has 0 saturated carbocycles. The van der Waals surface area contributed by atoms with Gasteiger partial charge in [0.1, 0.15) is 0 Å². The van der Waals surface area contributed by atoms with Crippen LogP contribution in [-0.2, 0) is 13.1 Å². The molecule has 2 rings (SSSR count). The maximum absolute atomic E-state index is 11.2. The second-order valence-electron chi connectivity index (χ2n) is 4.82. The molecule has 0 spiro atoms. The third kappa shape index (κ3) is 3.71. The zero-order valence-electron chi connectivity index (χ0n) is 11.7. The maximum Gasteiger partial charge on any atom is 0.223 e. The quantitative estimate of drug-likeness (QED) is 0.791. The van der Waals surface area contributed by atoms with Gasteiger partial charge in [0.05, 0.1) is 5.69 Å². The molecule has 4 heteroatoms. The van der Waals surface area contributed by atoms with Crippen molar-refractivity contribution in [3.8, 4) is 5.75 Å². The zero-order chi connectivity index (χ0) is 14.4. The van der Waals surface area contributed by atoms with E-state index in [4.69, 9.17) is 0 Å². The summed E-state index contributed by atoms with van der Waals surface area (Å²) in [6.45, 7) is 4.28. The number of aromatic hydroxyl groups is 1. The molecule has 4 nitrogen and oxygen atoms in total. The molecule has 0 bridgehead atoms. The normalized spacial score (nSPS) is 10.7. The average Bonchev–Trinajstić information content (AvgIpc) is 2.48. The summed E-state index contributed by atoms with van der Waals surface area (Å²) in [6.07, 6.45) is 2.67. The molecular weight excluding hydrogens is 252 g/mol. The van der Waals surface area contributed by atoms with Crippen molar-refractivity contribution < 1.29 is 5.11 Å². The molecule has 0 aliphatic rings. The van der Waals surface area contributed by atoms with E-state index in [1.165, 1.54) is 11.6 Å². The predicted octanol–water partition coefficient (Wildman–Crippen LogP) is 2.04. The van der Waals surface area contributed by atoms with Gasteiger partial charge >= 0.3 is 0 Å². The molecular formula is C16H20N2O2. The van der Waals surface area contributed by atoms with Crippen LogP contribution in [0.2, 0.25) is 0 Å². The van der Waals surface area contributed by atoms with Gasteiger partial charge in [-0.25, -0.2) is 0 Å². The second-order valence-corrected chi connectivity index (χ2v) is 4.82. The number of nitrogens with one attached hydrogen (secondary N) is 1. The van der Waals surface area contributed by atoms with Crippen LogP contribution in [0.1, 0.15) is 17.7 Å². The number of benzene rings is 1. The van der Waals surface area contributed by atoms with Gasteiger partial charge in [-0.2, -0.15) is 0 Å². The Morgan fingerprint density at radius 2 is 1.95 bits per heavy atom. The summed E-state index contributed by atoms with van der Waals surface area (Å²) in [5, 5.41) is 13.0. The summed E-state index contributed by atoms with van der Waals surface area (Å²) in [7, 11) is 0. The van der Waals surface area contributed by atoms with E-state index in [1.54, 1.807) is 13.1 Å². The van der Waals surface area contributed by atoms with Gasteiger partial charge in [-0.3, -0.25) is 4.79 Å². The SMILES string of the molecule is Cc1c(O)c(=O)ccn1CCCNCc1ccccc1. The van der Waals surface area contributed by atoms with Gasteiger partial charge < -0.3 is 15.0 Å². The monoisotopic (exact) mass is 272 g/mol. The van der Waals surface area contributed by atoms with Crippen LogP contribution < -0.4 is 10.7 Å². The van der Waals surface area contributed by atoms with E-state index in [2.05, 4.69) is 17.4 Å². The lowest BCUT2D eigenvalue weighted by molar-refractivity contribution is 0.450. The number of rotatable bonds is 6. The van der Waals surface area contributed by atoms with E-state index in [0.29, 0.717) is 5.69 Å². The molecule has 1 heterocycles. The van der Waals surface area contributed by atoms with Crippen LogP contribution in [0.15, 0.2) is 47.4 Å². The minimum absolute atomic E-state index is 0.148. The fraction of sp³-hybridized carbons (Fsp3) is 0.312. The van der Waals surface area contributed by atoms with Crippen LogP contribution in [0.5, 0.6) is 5.75 Å². The molecule has 0 saturated heterocycles. The Bertz CT molecular complexity index is 606. The average molecular weight is 272 g/mol. The molecule has 1 aromatic carbocycles. The van der Waals surface area contributed by atoms with Crippen LogP contribution in [0.3, 0.4) is 0 Å². The Morgan fingerprint density at radius 1 is 1.20 bits per heavy atom. The molecule has 0 aliphatic carbocycles. The summed E-state index contributed by atoms with van der Waals surface area (Å²) in [5.74, 6) is -0.148. The standard InChI is InChI=1S/C16H20N2O2/c1-13-16(20)15(19)8-11-18(13)10-5-9-17-12-14-6-3-2-4-7-14/h2-4,6-8,11,17,20H,5,9-10,12H2,1H3. The molecule has 0 radical (unpaired) electrons. The molecule has 0 fully saturated rings. The minimum Gasteiger partial charge on any atom is -0.503 e. The first-order valence-corrected chi connectivity index (χ1v) is 6.82. The molecule has 0 unspecified atom stereocenters. The van der Waals surface area contributed by atoms with Crippen molar-refractivity contribution in [2.75, 3.05) is 6.54 Å². The van der Waals surface area contributed by atoms with Crippen molar-refractivity contribution in [3.05, 3.63) is 64.1 Å². The number of pyridine rings is 1. The van der Waals surface area contributed by atoms with Gasteiger partial charge in [0.25, 0.3) is 0 Å². The molecule has 20 heavy (non-hydrogen) atoms. The smallest absolute Gasteiger partial charge is 0.223 e. The van der Waals surface area contributed by atoms with E-state index in [0.717, 1.165) is 26.1 Å². The summed E-state index contributed by atoms with van der Waals surface area (Å²) in [5.41, 5.74) is 1.58. The molecule has 1 aromatic heterocycles. The first kappa shape index (κ1) is 14.3. The Hall–Kier alpha value is -2.07. The molecule has 2 aromatic rings. The van der Waals surface area contributed by atoms with E-state index < -0.39 is 0 Å². The van der Waals surface area contributed by atoms with E-state index in [1.807, 2.05) is 22.8 Å². The number of aromatic nitrogens is 1. The highest BCUT2D eigenvalue weighted by molar-refractivity contribution is 5.25. The zero-order valence-corrected chi connectivity index (χ0v) is 11.7. The van der Waals surface area contributed by atoms with Gasteiger partial charge in [-0.05, 0) is 25.5 Å². The lowest BCUT2D eigenvalue weighted by atomic mass is 10.2. The Kier molecular flexibility index (Phi) is 4.96. The van der Waals surface area contributed by atoms with Crippen LogP contribution >= 0.6 is 0 Å². The first-order chi connectivity index (χ1) is 9.68. The van der Waals surface area contributed by atoms with Gasteiger partial charge in [-0.15, -0.1) is 0 Å². The Balaban J connectivity index is 1.77. The van der Waals surface area contributed by atoms with Crippen LogP contribution in [0.4, 0.5) is 0 Å². The predicted molar refractivity (Wildman–Crippen MR) is 79.9 cm³/mol. The van der Waals surface area contributed by atoms with Gasteiger partial charge in [0.2, 0.25) is 5.43 Å². The molecule has 0 atom stereocenters. The Morgan fingerprint density at radius 3 is 2.70 bits per heavy atom. The first-order valence-electron chi connectivity index (χ1n) is 6.82. The molecule has 2 N–H and O–H groups in total. The fourth-order valence-electron chi connectivity index (χ4n) is 2.11. The molecule has 106 valence electrons. The lowest BCUT2D eigenvalue weighted by Crippen LogP contribution is -2.17. The van der Waals surface area contributed by atoms with Crippen molar-refractivity contribution in [1.29, 1.82) is 0 Å². The molecule has 0 aliphatic heterocycles. The van der Waals surface area contributed by atoms with Crippen molar-refractivity contribution in [3.63, 3.8) is 0 Å². The van der Waals surface area contributed by atoms with Gasteiger partial charge in [0, 0.05) is 25.4 Å². The van der Waals surface area contributed by atoms with Gasteiger partial charge in [0.15, 0.2) is 5.75 Å². The van der Waals surface area contributed by atoms with Crippen LogP contribution in [-0.4, -0.2) is 16.2 Å². The maximum atomic E-state index is 11.2. The van der Waals surface area contributed by atoms with E-state index in [9.17, 15) is 9.90 Å². The topological polar surface area (TPSA) is 54.3 Å². The third-order valence-electron chi connectivity index (χ3n) is 3.34. The Labute approximate surface area is 118 Å². The van der Waals surface area contributed by atoms with E-state index >= 15 is 0 Å². The summed E-state index contributed by atoms with van der Waals surface area (Å²) >= 11 is 0. The number of hydrogen-bond acceptors (Lipinski definition) is 3. The van der Waals surface area contributed by atoms with Crippen molar-refractivity contribution >= 4 is 0 Å². The summed E-state index contributed by atoms with van der Waals surface area (Å²) in [4.78, 5) is 11.2.